The minimum atomic E-state index is -0.105. The lowest BCUT2D eigenvalue weighted by Gasteiger charge is -2.45. The number of rotatable bonds is 9. The van der Waals surface area contributed by atoms with Crippen molar-refractivity contribution >= 4 is 22.6 Å². The Morgan fingerprint density at radius 2 is 1.62 bits per heavy atom. The van der Waals surface area contributed by atoms with Gasteiger partial charge >= 0.3 is 0 Å². The molecular weight excluding hydrogens is 458 g/mol. The summed E-state index contributed by atoms with van der Waals surface area (Å²) in [5.74, 6) is -0.126. The molecule has 37 heavy (non-hydrogen) atoms. The largest absolute Gasteiger partial charge is 0.353 e. The maximum Gasteiger partial charge on any atom is 0.220 e. The van der Waals surface area contributed by atoms with Gasteiger partial charge in [-0.1, -0.05) is 66.2 Å². The summed E-state index contributed by atoms with van der Waals surface area (Å²) >= 11 is 0. The van der Waals surface area contributed by atoms with Gasteiger partial charge in [0.15, 0.2) is 0 Å². The van der Waals surface area contributed by atoms with Crippen molar-refractivity contribution in [2.24, 2.45) is 0 Å². The van der Waals surface area contributed by atoms with Crippen LogP contribution in [0.2, 0.25) is 0 Å². The monoisotopic (exact) mass is 499 g/mol. The molecular formula is C32H41N3O2. The molecule has 0 bridgehead atoms. The standard InChI is InChI=1S/C32H41N3O2/c1-23-8-7-9-25(20-23)22-32(35(3)4)18-16-29(17-19-32)34-31(37)15-14-30(36)33-24(2)27-13-12-26-10-5-6-11-28(26)21-27/h5-13,20-21,24,29H,14-19,22H2,1-4H3,(H,33,36)(H,34,37). The van der Waals surface area contributed by atoms with E-state index in [2.05, 4.69) is 91.1 Å². The number of aryl methyl sites for hydroxylation is 1. The predicted octanol–water partition coefficient (Wildman–Crippen LogP) is 5.71. The average Bonchev–Trinajstić information content (AvgIpc) is 2.88. The van der Waals surface area contributed by atoms with Crippen molar-refractivity contribution in [2.75, 3.05) is 14.1 Å². The highest BCUT2D eigenvalue weighted by Gasteiger charge is 2.37. The molecule has 1 fully saturated rings. The summed E-state index contributed by atoms with van der Waals surface area (Å²) in [5.41, 5.74) is 3.85. The highest BCUT2D eigenvalue weighted by molar-refractivity contribution is 5.85. The number of fused-ring (bicyclic) bond motifs is 1. The molecule has 196 valence electrons. The molecule has 0 heterocycles. The molecule has 5 heteroatoms. The molecule has 1 saturated carbocycles. The summed E-state index contributed by atoms with van der Waals surface area (Å²) in [6.45, 7) is 4.13. The van der Waals surface area contributed by atoms with Crippen molar-refractivity contribution in [3.05, 3.63) is 83.4 Å². The van der Waals surface area contributed by atoms with Crippen molar-refractivity contribution in [1.82, 2.24) is 15.5 Å². The first kappa shape index (κ1) is 26.9. The number of benzene rings is 3. The first-order valence-corrected chi connectivity index (χ1v) is 13.5. The van der Waals surface area contributed by atoms with E-state index in [9.17, 15) is 9.59 Å². The summed E-state index contributed by atoms with van der Waals surface area (Å²) < 4.78 is 0. The summed E-state index contributed by atoms with van der Waals surface area (Å²) in [6, 6.07) is 23.3. The van der Waals surface area contributed by atoms with Crippen LogP contribution in [0.4, 0.5) is 0 Å². The van der Waals surface area contributed by atoms with Gasteiger partial charge in [0, 0.05) is 24.4 Å². The van der Waals surface area contributed by atoms with Gasteiger partial charge in [0.05, 0.1) is 6.04 Å². The Labute approximate surface area is 221 Å². The molecule has 4 rings (SSSR count). The van der Waals surface area contributed by atoms with Crippen LogP contribution in [0.1, 0.15) is 68.2 Å². The number of hydrogen-bond donors (Lipinski definition) is 2. The Balaban J connectivity index is 1.22. The van der Waals surface area contributed by atoms with Crippen LogP contribution >= 0.6 is 0 Å². The Morgan fingerprint density at radius 3 is 2.32 bits per heavy atom. The van der Waals surface area contributed by atoms with Gasteiger partial charge in [-0.15, -0.1) is 0 Å². The first-order valence-electron chi connectivity index (χ1n) is 13.5. The smallest absolute Gasteiger partial charge is 0.220 e. The minimum Gasteiger partial charge on any atom is -0.353 e. The second-order valence-electron chi connectivity index (χ2n) is 11.0. The third kappa shape index (κ3) is 6.98. The fraction of sp³-hybridized carbons (Fsp3) is 0.438. The molecule has 1 aliphatic rings. The molecule has 1 unspecified atom stereocenters. The Kier molecular flexibility index (Phi) is 8.65. The van der Waals surface area contributed by atoms with Crippen molar-refractivity contribution in [3.8, 4) is 0 Å². The van der Waals surface area contributed by atoms with E-state index in [0.717, 1.165) is 43.1 Å². The molecule has 1 aliphatic carbocycles. The van der Waals surface area contributed by atoms with Crippen LogP contribution in [0.5, 0.6) is 0 Å². The van der Waals surface area contributed by atoms with E-state index in [1.165, 1.54) is 16.5 Å². The maximum atomic E-state index is 12.6. The Morgan fingerprint density at radius 1 is 0.919 bits per heavy atom. The van der Waals surface area contributed by atoms with Gasteiger partial charge in [0.25, 0.3) is 0 Å². The average molecular weight is 500 g/mol. The summed E-state index contributed by atoms with van der Waals surface area (Å²) in [6.07, 6.45) is 5.45. The normalized spacial score (nSPS) is 20.5. The topological polar surface area (TPSA) is 61.4 Å². The number of nitrogens with one attached hydrogen (secondary N) is 2. The summed E-state index contributed by atoms with van der Waals surface area (Å²) in [7, 11) is 4.35. The third-order valence-corrected chi connectivity index (χ3v) is 8.08. The molecule has 1 atom stereocenters. The van der Waals surface area contributed by atoms with Crippen molar-refractivity contribution in [1.29, 1.82) is 0 Å². The summed E-state index contributed by atoms with van der Waals surface area (Å²) in [4.78, 5) is 27.6. The third-order valence-electron chi connectivity index (χ3n) is 8.08. The fourth-order valence-corrected chi connectivity index (χ4v) is 5.68. The van der Waals surface area contributed by atoms with Crippen LogP contribution < -0.4 is 10.6 Å². The van der Waals surface area contributed by atoms with Gasteiger partial charge in [-0.2, -0.15) is 0 Å². The number of hydrogen-bond acceptors (Lipinski definition) is 3. The Bertz CT molecular complexity index is 1230. The zero-order chi connectivity index (χ0) is 26.4. The molecule has 3 aromatic carbocycles. The van der Waals surface area contributed by atoms with Crippen LogP contribution in [0.25, 0.3) is 10.8 Å². The highest BCUT2D eigenvalue weighted by Crippen LogP contribution is 2.35. The molecule has 2 N–H and O–H groups in total. The van der Waals surface area contributed by atoms with Gasteiger partial charge in [0.2, 0.25) is 11.8 Å². The fourth-order valence-electron chi connectivity index (χ4n) is 5.68. The molecule has 5 nitrogen and oxygen atoms in total. The van der Waals surface area contributed by atoms with E-state index >= 15 is 0 Å². The zero-order valence-electron chi connectivity index (χ0n) is 22.7. The van der Waals surface area contributed by atoms with Gasteiger partial charge < -0.3 is 15.5 Å². The lowest BCUT2D eigenvalue weighted by atomic mass is 9.74. The van der Waals surface area contributed by atoms with E-state index in [0.29, 0.717) is 0 Å². The van der Waals surface area contributed by atoms with E-state index in [-0.39, 0.29) is 42.3 Å². The van der Waals surface area contributed by atoms with Gasteiger partial charge in [-0.25, -0.2) is 0 Å². The molecule has 3 aromatic rings. The number of carbonyl (C=O) groups excluding carboxylic acids is 2. The zero-order valence-corrected chi connectivity index (χ0v) is 22.7. The molecule has 2 amide bonds. The first-order chi connectivity index (χ1) is 17.7. The molecule has 0 aliphatic heterocycles. The maximum absolute atomic E-state index is 12.6. The van der Waals surface area contributed by atoms with Gasteiger partial charge in [0.1, 0.15) is 0 Å². The van der Waals surface area contributed by atoms with E-state index in [1.807, 2.05) is 19.1 Å². The van der Waals surface area contributed by atoms with E-state index in [1.54, 1.807) is 0 Å². The van der Waals surface area contributed by atoms with E-state index < -0.39 is 0 Å². The lowest BCUT2D eigenvalue weighted by Crippen LogP contribution is -2.52. The number of amides is 2. The van der Waals surface area contributed by atoms with Crippen molar-refractivity contribution in [2.45, 2.75) is 76.4 Å². The number of nitrogens with zero attached hydrogens (tertiary/aromatic N) is 1. The van der Waals surface area contributed by atoms with Gasteiger partial charge in [-0.3, -0.25) is 9.59 Å². The second-order valence-corrected chi connectivity index (χ2v) is 11.0. The Hall–Kier alpha value is -3.18. The highest BCUT2D eigenvalue weighted by atomic mass is 16.2. The molecule has 0 saturated heterocycles. The van der Waals surface area contributed by atoms with Crippen LogP contribution in [-0.2, 0) is 16.0 Å². The van der Waals surface area contributed by atoms with Crippen LogP contribution in [0, 0.1) is 6.92 Å². The molecule has 0 spiro atoms. The van der Waals surface area contributed by atoms with Crippen LogP contribution in [-0.4, -0.2) is 42.4 Å². The van der Waals surface area contributed by atoms with E-state index in [4.69, 9.17) is 0 Å². The lowest BCUT2D eigenvalue weighted by molar-refractivity contribution is -0.127. The quantitative estimate of drug-likeness (QED) is 0.397. The molecule has 0 radical (unpaired) electrons. The second kappa shape index (κ2) is 11.9. The molecule has 0 aromatic heterocycles. The van der Waals surface area contributed by atoms with Crippen molar-refractivity contribution in [3.63, 3.8) is 0 Å². The summed E-state index contributed by atoms with van der Waals surface area (Å²) in [5, 5.41) is 8.58. The van der Waals surface area contributed by atoms with Crippen LogP contribution in [0.3, 0.4) is 0 Å². The minimum absolute atomic E-state index is 0.0328. The van der Waals surface area contributed by atoms with Crippen LogP contribution in [0.15, 0.2) is 66.7 Å². The predicted molar refractivity (Wildman–Crippen MR) is 151 cm³/mol. The van der Waals surface area contributed by atoms with Gasteiger partial charge in [-0.05, 0) is 88.0 Å². The number of carbonyl (C=O) groups is 2. The van der Waals surface area contributed by atoms with Crippen molar-refractivity contribution < 1.29 is 9.59 Å². The number of likely N-dealkylation sites (N-methyl/N-ethyl adjacent to an activating group) is 1. The SMILES string of the molecule is Cc1cccc(CC2(N(C)C)CCC(NC(=O)CCC(=O)NC(C)c3ccc4ccccc4c3)CC2)c1.